The number of hydrogen-bond acceptors (Lipinski definition) is 7. The van der Waals surface area contributed by atoms with Gasteiger partial charge in [-0.15, -0.1) is 11.3 Å². The molecule has 0 saturated carbocycles. The van der Waals surface area contributed by atoms with Gasteiger partial charge in [0.2, 0.25) is 17.7 Å². The number of nitrogens with one attached hydrogen (secondary N) is 2. The van der Waals surface area contributed by atoms with Crippen LogP contribution in [0.2, 0.25) is 0 Å². The number of rotatable bonds is 12. The van der Waals surface area contributed by atoms with Gasteiger partial charge in [-0.1, -0.05) is 34.1 Å². The smallest absolute Gasteiger partial charge is 0.355 e. The summed E-state index contributed by atoms with van der Waals surface area (Å²) in [6, 6.07) is -1.54. The molecule has 208 valence electrons. The lowest BCUT2D eigenvalue weighted by Crippen LogP contribution is -2.60. The average Bonchev–Trinajstić information content (AvgIpc) is 3.46. The normalized spacial score (nSPS) is 21.2. The zero-order valence-electron chi connectivity index (χ0n) is 23.3. The van der Waals surface area contributed by atoms with Crippen molar-refractivity contribution in [3.05, 3.63) is 16.1 Å². The fraction of sp³-hybridized carbons (Fsp3) is 0.731. The van der Waals surface area contributed by atoms with Crippen LogP contribution in [0, 0.1) is 11.8 Å². The van der Waals surface area contributed by atoms with Gasteiger partial charge in [-0.3, -0.25) is 19.3 Å². The first kappa shape index (κ1) is 30.7. The fourth-order valence-corrected chi connectivity index (χ4v) is 5.74. The summed E-state index contributed by atoms with van der Waals surface area (Å²) in [6.45, 7) is 12.1. The van der Waals surface area contributed by atoms with Gasteiger partial charge in [0.1, 0.15) is 11.0 Å². The van der Waals surface area contributed by atoms with E-state index >= 15 is 0 Å². The second-order valence-corrected chi connectivity index (χ2v) is 11.7. The Morgan fingerprint density at radius 3 is 2.35 bits per heavy atom. The van der Waals surface area contributed by atoms with Crippen LogP contribution < -0.4 is 10.6 Å². The Morgan fingerprint density at radius 2 is 1.89 bits per heavy atom. The standard InChI is InChI=1S/C26H43N5O5S/c1-9-16(4)21(29-25(36)26(6)11-10-12-30(26)7)23(33)31(8)20(15(2)3)13-18(27-17(5)32)22-28-19(14-37-22)24(34)35/h14-16,18,20-21H,9-13H2,1-8H3,(H,27,32)(H,29,36)(H,34,35)/t16?,18-,20-,21+,26-/m1/s1. The maximum absolute atomic E-state index is 13.9. The van der Waals surface area contributed by atoms with E-state index in [-0.39, 0.29) is 41.3 Å². The highest BCUT2D eigenvalue weighted by Gasteiger charge is 2.43. The summed E-state index contributed by atoms with van der Waals surface area (Å²) in [7, 11) is 3.66. The van der Waals surface area contributed by atoms with E-state index in [9.17, 15) is 24.3 Å². The topological polar surface area (TPSA) is 132 Å². The molecule has 1 aromatic heterocycles. The number of carboxylic acids is 1. The highest BCUT2D eigenvalue weighted by atomic mass is 32.1. The lowest BCUT2D eigenvalue weighted by atomic mass is 9.91. The summed E-state index contributed by atoms with van der Waals surface area (Å²) >= 11 is 1.17. The number of aromatic carboxylic acids is 1. The molecule has 0 bridgehead atoms. The van der Waals surface area contributed by atoms with Crippen LogP contribution in [0.25, 0.3) is 0 Å². The number of carbonyl (C=O) groups excluding carboxylic acids is 3. The lowest BCUT2D eigenvalue weighted by Gasteiger charge is -2.38. The molecule has 2 heterocycles. The van der Waals surface area contributed by atoms with Gasteiger partial charge < -0.3 is 20.6 Å². The molecule has 3 N–H and O–H groups in total. The molecule has 3 amide bonds. The zero-order valence-corrected chi connectivity index (χ0v) is 24.1. The average molecular weight is 538 g/mol. The molecule has 5 atom stereocenters. The SMILES string of the molecule is CCC(C)[C@H](NC(=O)[C@@]1(C)CCCN1C)C(=O)N(C)[C@H](C[C@@H](NC(C)=O)c1nc(C(=O)O)cs1)C(C)C. The quantitative estimate of drug-likeness (QED) is 0.373. The monoisotopic (exact) mass is 537 g/mol. The molecular formula is C26H43N5O5S. The van der Waals surface area contributed by atoms with E-state index < -0.39 is 23.6 Å². The van der Waals surface area contributed by atoms with E-state index in [1.54, 1.807) is 11.9 Å². The highest BCUT2D eigenvalue weighted by molar-refractivity contribution is 7.09. The van der Waals surface area contributed by atoms with Crippen molar-refractivity contribution in [1.82, 2.24) is 25.4 Å². The molecular weight excluding hydrogens is 494 g/mol. The van der Waals surface area contributed by atoms with Crippen LogP contribution in [-0.4, -0.2) is 81.8 Å². The van der Waals surface area contributed by atoms with E-state index in [0.29, 0.717) is 11.4 Å². The van der Waals surface area contributed by atoms with Crippen molar-refractivity contribution in [1.29, 1.82) is 0 Å². The van der Waals surface area contributed by atoms with Gasteiger partial charge in [-0.2, -0.15) is 0 Å². The minimum Gasteiger partial charge on any atom is -0.476 e. The van der Waals surface area contributed by atoms with Crippen LogP contribution in [-0.2, 0) is 14.4 Å². The maximum atomic E-state index is 13.9. The van der Waals surface area contributed by atoms with Gasteiger partial charge in [0.05, 0.1) is 11.6 Å². The lowest BCUT2D eigenvalue weighted by molar-refractivity contribution is -0.142. The summed E-state index contributed by atoms with van der Waals surface area (Å²) in [4.78, 5) is 58.5. The predicted octanol–water partition coefficient (Wildman–Crippen LogP) is 2.91. The van der Waals surface area contributed by atoms with Gasteiger partial charge in [-0.05, 0) is 51.6 Å². The van der Waals surface area contributed by atoms with Crippen LogP contribution >= 0.6 is 11.3 Å². The molecule has 1 aliphatic heterocycles. The molecule has 0 aromatic carbocycles. The van der Waals surface area contributed by atoms with Crippen LogP contribution in [0.1, 0.15) is 88.8 Å². The second kappa shape index (κ2) is 12.8. The minimum absolute atomic E-state index is 0.0240. The Bertz CT molecular complexity index is 982. The number of carboxylic acid groups (broad SMARTS) is 1. The first-order valence-corrected chi connectivity index (χ1v) is 13.9. The van der Waals surface area contributed by atoms with Crippen LogP contribution in [0.4, 0.5) is 0 Å². The minimum atomic E-state index is -1.13. The molecule has 1 unspecified atom stereocenters. The molecule has 1 saturated heterocycles. The van der Waals surface area contributed by atoms with Crippen LogP contribution in [0.3, 0.4) is 0 Å². The summed E-state index contributed by atoms with van der Waals surface area (Å²) in [5, 5.41) is 17.1. The van der Waals surface area contributed by atoms with Crippen molar-refractivity contribution >= 4 is 35.0 Å². The summed E-state index contributed by atoms with van der Waals surface area (Å²) in [5.74, 6) is -1.78. The van der Waals surface area contributed by atoms with Gasteiger partial charge in [0, 0.05) is 25.4 Å². The second-order valence-electron chi connectivity index (χ2n) is 10.8. The number of likely N-dealkylation sites (tertiary alicyclic amines) is 1. The number of hydrogen-bond donors (Lipinski definition) is 3. The molecule has 0 aliphatic carbocycles. The number of amides is 3. The number of aromatic nitrogens is 1. The predicted molar refractivity (Wildman–Crippen MR) is 143 cm³/mol. The summed E-state index contributed by atoms with van der Waals surface area (Å²) in [5.41, 5.74) is -0.726. The van der Waals surface area contributed by atoms with Crippen molar-refractivity contribution in [2.24, 2.45) is 11.8 Å². The maximum Gasteiger partial charge on any atom is 0.355 e. The van der Waals surface area contributed by atoms with Crippen LogP contribution in [0.15, 0.2) is 5.38 Å². The Balaban J connectivity index is 2.31. The Hall–Kier alpha value is -2.53. The van der Waals surface area contributed by atoms with Gasteiger partial charge in [0.25, 0.3) is 0 Å². The van der Waals surface area contributed by atoms with E-state index in [0.717, 1.165) is 25.8 Å². The van der Waals surface area contributed by atoms with E-state index in [1.165, 1.54) is 23.6 Å². The molecule has 2 rings (SSSR count). The number of likely N-dealkylation sites (N-methyl/N-ethyl adjacent to an activating group) is 2. The molecule has 11 heteroatoms. The molecule has 1 aromatic rings. The largest absolute Gasteiger partial charge is 0.476 e. The third-order valence-corrected chi connectivity index (χ3v) is 8.72. The number of nitrogens with zero attached hydrogens (tertiary/aromatic N) is 3. The van der Waals surface area contributed by atoms with Crippen molar-refractivity contribution in [3.8, 4) is 0 Å². The molecule has 1 aliphatic rings. The number of thiazole rings is 1. The van der Waals surface area contributed by atoms with Gasteiger partial charge >= 0.3 is 5.97 Å². The summed E-state index contributed by atoms with van der Waals surface area (Å²) in [6.07, 6.45) is 2.75. The van der Waals surface area contributed by atoms with Crippen molar-refractivity contribution in [2.75, 3.05) is 20.6 Å². The molecule has 1 fully saturated rings. The highest BCUT2D eigenvalue weighted by Crippen LogP contribution is 2.30. The third-order valence-electron chi connectivity index (χ3n) is 7.76. The van der Waals surface area contributed by atoms with Crippen molar-refractivity contribution in [3.63, 3.8) is 0 Å². The van der Waals surface area contributed by atoms with E-state index in [1.807, 2.05) is 46.6 Å². The van der Waals surface area contributed by atoms with E-state index in [2.05, 4.69) is 15.6 Å². The zero-order chi connectivity index (χ0) is 28.1. The first-order valence-electron chi connectivity index (χ1n) is 13.0. The van der Waals surface area contributed by atoms with Crippen molar-refractivity contribution in [2.45, 2.75) is 90.9 Å². The molecule has 10 nitrogen and oxygen atoms in total. The van der Waals surface area contributed by atoms with Gasteiger partial charge in [-0.25, -0.2) is 9.78 Å². The Morgan fingerprint density at radius 1 is 1.24 bits per heavy atom. The Labute approximate surface area is 224 Å². The first-order chi connectivity index (χ1) is 17.2. The molecule has 0 radical (unpaired) electrons. The fourth-order valence-electron chi connectivity index (χ4n) is 4.88. The number of carbonyl (C=O) groups is 4. The van der Waals surface area contributed by atoms with E-state index in [4.69, 9.17) is 0 Å². The molecule has 37 heavy (non-hydrogen) atoms. The summed E-state index contributed by atoms with van der Waals surface area (Å²) < 4.78 is 0. The van der Waals surface area contributed by atoms with Gasteiger partial charge in [0.15, 0.2) is 5.69 Å². The molecule has 0 spiro atoms. The third kappa shape index (κ3) is 7.28. The van der Waals surface area contributed by atoms with Crippen LogP contribution in [0.5, 0.6) is 0 Å². The Kier molecular flexibility index (Phi) is 10.6. The van der Waals surface area contributed by atoms with Crippen molar-refractivity contribution < 1.29 is 24.3 Å².